The number of aromatic nitrogens is 2. The predicted molar refractivity (Wildman–Crippen MR) is 64.4 cm³/mol. The molecule has 1 aromatic rings. The molecule has 0 bridgehead atoms. The summed E-state index contributed by atoms with van der Waals surface area (Å²) in [6.45, 7) is 4.95. The zero-order valence-electron chi connectivity index (χ0n) is 10.2. The van der Waals surface area contributed by atoms with Crippen molar-refractivity contribution in [2.45, 2.75) is 32.7 Å². The largest absolute Gasteiger partial charge is 0.323 e. The highest BCUT2D eigenvalue weighted by Gasteiger charge is 2.05. The summed E-state index contributed by atoms with van der Waals surface area (Å²) in [5.41, 5.74) is 0.767. The molecule has 1 amide bonds. The fraction of sp³-hybridized carbons (Fsp3) is 0.636. The molecule has 0 saturated heterocycles. The molecule has 1 heterocycles. The van der Waals surface area contributed by atoms with Gasteiger partial charge in [0.25, 0.3) is 0 Å². The summed E-state index contributed by atoms with van der Waals surface area (Å²) in [7, 11) is 1.88. The Bertz CT molecular complexity index is 332. The van der Waals surface area contributed by atoms with Crippen LogP contribution in [0.2, 0.25) is 0 Å². The lowest BCUT2D eigenvalue weighted by Crippen LogP contribution is -2.14. The van der Waals surface area contributed by atoms with E-state index < -0.39 is 0 Å². The van der Waals surface area contributed by atoms with E-state index in [1.54, 1.807) is 6.20 Å². The minimum absolute atomic E-state index is 0.0403. The molecule has 0 unspecified atom stereocenters. The van der Waals surface area contributed by atoms with Gasteiger partial charge in [0, 0.05) is 18.7 Å². The van der Waals surface area contributed by atoms with Gasteiger partial charge < -0.3 is 10.6 Å². The van der Waals surface area contributed by atoms with Gasteiger partial charge in [-0.3, -0.25) is 9.48 Å². The fourth-order valence-electron chi connectivity index (χ4n) is 1.33. The zero-order chi connectivity index (χ0) is 12.0. The van der Waals surface area contributed by atoms with Gasteiger partial charge in [-0.15, -0.1) is 0 Å². The highest BCUT2D eigenvalue weighted by Crippen LogP contribution is 2.10. The third-order valence-corrected chi connectivity index (χ3v) is 2.24. The topological polar surface area (TPSA) is 59.0 Å². The van der Waals surface area contributed by atoms with Crippen LogP contribution in [0.5, 0.6) is 0 Å². The SMILES string of the molecule is CNCCCC(=O)Nc1cnn(C(C)C)c1. The van der Waals surface area contributed by atoms with Crippen LogP contribution in [0.3, 0.4) is 0 Å². The van der Waals surface area contributed by atoms with Crippen molar-refractivity contribution in [1.29, 1.82) is 0 Å². The van der Waals surface area contributed by atoms with E-state index in [-0.39, 0.29) is 5.91 Å². The predicted octanol–water partition coefficient (Wildman–Crippen LogP) is 1.40. The van der Waals surface area contributed by atoms with Crippen molar-refractivity contribution in [3.8, 4) is 0 Å². The summed E-state index contributed by atoms with van der Waals surface area (Å²) < 4.78 is 1.82. The van der Waals surface area contributed by atoms with Crippen LogP contribution in [0, 0.1) is 0 Å². The molecule has 0 radical (unpaired) electrons. The van der Waals surface area contributed by atoms with E-state index >= 15 is 0 Å². The van der Waals surface area contributed by atoms with Crippen molar-refractivity contribution in [3.63, 3.8) is 0 Å². The summed E-state index contributed by atoms with van der Waals surface area (Å²) in [5, 5.41) is 9.99. The van der Waals surface area contributed by atoms with Crippen molar-refractivity contribution in [1.82, 2.24) is 15.1 Å². The second kappa shape index (κ2) is 6.27. The number of anilines is 1. The molecule has 0 spiro atoms. The van der Waals surface area contributed by atoms with Crippen molar-refractivity contribution in [3.05, 3.63) is 12.4 Å². The van der Waals surface area contributed by atoms with Gasteiger partial charge in [-0.2, -0.15) is 5.10 Å². The van der Waals surface area contributed by atoms with E-state index in [0.29, 0.717) is 12.5 Å². The quantitative estimate of drug-likeness (QED) is 0.718. The number of nitrogens with one attached hydrogen (secondary N) is 2. The van der Waals surface area contributed by atoms with Gasteiger partial charge >= 0.3 is 0 Å². The molecule has 1 aromatic heterocycles. The van der Waals surface area contributed by atoms with Crippen LogP contribution in [0.15, 0.2) is 12.4 Å². The third-order valence-electron chi connectivity index (χ3n) is 2.24. The molecule has 0 atom stereocenters. The lowest BCUT2D eigenvalue weighted by atomic mass is 10.3. The molecule has 16 heavy (non-hydrogen) atoms. The second-order valence-electron chi connectivity index (χ2n) is 4.06. The number of nitrogens with zero attached hydrogens (tertiary/aromatic N) is 2. The third kappa shape index (κ3) is 4.02. The number of carbonyl (C=O) groups excluding carboxylic acids is 1. The average Bonchev–Trinajstić information content (AvgIpc) is 2.66. The van der Waals surface area contributed by atoms with Gasteiger partial charge in [0.15, 0.2) is 0 Å². The standard InChI is InChI=1S/C11H20N4O/c1-9(2)15-8-10(7-13-15)14-11(16)5-4-6-12-3/h7-9,12H,4-6H2,1-3H3,(H,14,16). The van der Waals surface area contributed by atoms with Crippen LogP contribution in [0.25, 0.3) is 0 Å². The lowest BCUT2D eigenvalue weighted by molar-refractivity contribution is -0.116. The van der Waals surface area contributed by atoms with Crippen LogP contribution in [0.4, 0.5) is 5.69 Å². The molecular formula is C11H20N4O. The maximum Gasteiger partial charge on any atom is 0.224 e. The molecule has 0 saturated carbocycles. The van der Waals surface area contributed by atoms with Crippen LogP contribution < -0.4 is 10.6 Å². The van der Waals surface area contributed by atoms with E-state index in [0.717, 1.165) is 18.7 Å². The van der Waals surface area contributed by atoms with E-state index in [9.17, 15) is 4.79 Å². The van der Waals surface area contributed by atoms with Gasteiger partial charge in [0.05, 0.1) is 11.9 Å². The summed E-state index contributed by atoms with van der Waals surface area (Å²) in [4.78, 5) is 11.5. The highest BCUT2D eigenvalue weighted by molar-refractivity contribution is 5.90. The second-order valence-corrected chi connectivity index (χ2v) is 4.06. The molecule has 0 aliphatic heterocycles. The van der Waals surface area contributed by atoms with Gasteiger partial charge in [0.1, 0.15) is 0 Å². The molecular weight excluding hydrogens is 204 g/mol. The summed E-state index contributed by atoms with van der Waals surface area (Å²) in [5.74, 6) is 0.0403. The van der Waals surface area contributed by atoms with E-state index in [4.69, 9.17) is 0 Å². The molecule has 1 rings (SSSR count). The van der Waals surface area contributed by atoms with Gasteiger partial charge in [0.2, 0.25) is 5.91 Å². The first-order chi connectivity index (χ1) is 7.63. The first kappa shape index (κ1) is 12.7. The molecule has 2 N–H and O–H groups in total. The summed E-state index contributed by atoms with van der Waals surface area (Å²) in [6.07, 6.45) is 4.91. The Labute approximate surface area is 96.2 Å². The first-order valence-corrected chi connectivity index (χ1v) is 5.62. The molecule has 90 valence electrons. The maximum atomic E-state index is 11.5. The Morgan fingerprint density at radius 1 is 1.56 bits per heavy atom. The number of amides is 1. The number of hydrogen-bond acceptors (Lipinski definition) is 3. The smallest absolute Gasteiger partial charge is 0.224 e. The maximum absolute atomic E-state index is 11.5. The van der Waals surface area contributed by atoms with E-state index in [1.165, 1.54) is 0 Å². The Morgan fingerprint density at radius 3 is 2.88 bits per heavy atom. The number of rotatable bonds is 6. The Hall–Kier alpha value is -1.36. The Morgan fingerprint density at radius 2 is 2.31 bits per heavy atom. The highest BCUT2D eigenvalue weighted by atomic mass is 16.1. The Balaban J connectivity index is 2.37. The van der Waals surface area contributed by atoms with Crippen molar-refractivity contribution in [2.75, 3.05) is 18.9 Å². The van der Waals surface area contributed by atoms with Crippen molar-refractivity contribution in [2.24, 2.45) is 0 Å². The van der Waals surface area contributed by atoms with Crippen LogP contribution in [-0.4, -0.2) is 29.3 Å². The van der Waals surface area contributed by atoms with Gasteiger partial charge in [-0.25, -0.2) is 0 Å². The molecule has 5 heteroatoms. The zero-order valence-corrected chi connectivity index (χ0v) is 10.2. The number of hydrogen-bond donors (Lipinski definition) is 2. The molecule has 5 nitrogen and oxygen atoms in total. The van der Waals surface area contributed by atoms with E-state index in [2.05, 4.69) is 15.7 Å². The minimum atomic E-state index is 0.0403. The first-order valence-electron chi connectivity index (χ1n) is 5.62. The monoisotopic (exact) mass is 224 g/mol. The van der Waals surface area contributed by atoms with Crippen molar-refractivity contribution < 1.29 is 4.79 Å². The average molecular weight is 224 g/mol. The number of carbonyl (C=O) groups is 1. The van der Waals surface area contributed by atoms with Gasteiger partial charge in [-0.1, -0.05) is 0 Å². The van der Waals surface area contributed by atoms with Crippen molar-refractivity contribution >= 4 is 11.6 Å². The summed E-state index contributed by atoms with van der Waals surface area (Å²) in [6, 6.07) is 0.315. The lowest BCUT2D eigenvalue weighted by Gasteiger charge is -2.04. The van der Waals surface area contributed by atoms with Crippen LogP contribution in [-0.2, 0) is 4.79 Å². The Kier molecular flexibility index (Phi) is 4.98. The molecule has 0 fully saturated rings. The fourth-order valence-corrected chi connectivity index (χ4v) is 1.33. The van der Waals surface area contributed by atoms with E-state index in [1.807, 2.05) is 31.8 Å². The summed E-state index contributed by atoms with van der Waals surface area (Å²) >= 11 is 0. The molecule has 0 aliphatic rings. The van der Waals surface area contributed by atoms with Gasteiger partial charge in [-0.05, 0) is 33.9 Å². The molecule has 0 aromatic carbocycles. The normalized spacial score (nSPS) is 10.8. The van der Waals surface area contributed by atoms with Crippen LogP contribution >= 0.6 is 0 Å². The minimum Gasteiger partial charge on any atom is -0.323 e. The molecule has 0 aliphatic carbocycles. The van der Waals surface area contributed by atoms with Crippen LogP contribution in [0.1, 0.15) is 32.7 Å².